The van der Waals surface area contributed by atoms with Crippen molar-refractivity contribution in [3.05, 3.63) is 10.4 Å². The molecule has 12 heteroatoms. The van der Waals surface area contributed by atoms with Crippen LogP contribution in [0.1, 0.15) is 27.7 Å². The van der Waals surface area contributed by atoms with E-state index in [0.717, 1.165) is 20.8 Å². The summed E-state index contributed by atoms with van der Waals surface area (Å²) in [5, 5.41) is 5.82. The minimum absolute atomic E-state index is 0.295. The third-order valence-corrected chi connectivity index (χ3v) is 3.23. The van der Waals surface area contributed by atoms with E-state index in [2.05, 4.69) is 15.3 Å². The molecule has 1 aliphatic rings. The van der Waals surface area contributed by atoms with Crippen LogP contribution < -0.4 is 5.32 Å². The number of hydrogen-bond donors (Lipinski definition) is 1. The number of nitrogens with one attached hydrogen (secondary N) is 1. The Labute approximate surface area is 148 Å². The van der Waals surface area contributed by atoms with Crippen LogP contribution in [0.5, 0.6) is 0 Å². The Morgan fingerprint density at radius 2 is 1.54 bits per heavy atom. The first-order valence-electron chi connectivity index (χ1n) is 7.60. The molecular formula is C14H20N4O8. The van der Waals surface area contributed by atoms with E-state index in [1.54, 1.807) is 0 Å². The SMILES string of the molecule is CC(=O)N[C@H]1[C@H](OC(C)=O)O[C@H](CN=[N+]=[N-])[C@@H](OC(C)=O)[C@@H]1OC(C)=O. The van der Waals surface area contributed by atoms with Gasteiger partial charge in [0.2, 0.25) is 12.2 Å². The van der Waals surface area contributed by atoms with Gasteiger partial charge in [0.1, 0.15) is 12.1 Å². The van der Waals surface area contributed by atoms with Gasteiger partial charge in [-0.1, -0.05) is 5.11 Å². The minimum Gasteiger partial charge on any atom is -0.456 e. The second-order valence-electron chi connectivity index (χ2n) is 5.44. The van der Waals surface area contributed by atoms with Crippen LogP contribution in [-0.2, 0) is 38.1 Å². The monoisotopic (exact) mass is 372 g/mol. The molecule has 1 aliphatic heterocycles. The number of azide groups is 1. The van der Waals surface area contributed by atoms with E-state index in [1.807, 2.05) is 0 Å². The number of rotatable bonds is 6. The van der Waals surface area contributed by atoms with Crippen molar-refractivity contribution in [1.82, 2.24) is 5.32 Å². The molecule has 0 aliphatic carbocycles. The van der Waals surface area contributed by atoms with Gasteiger partial charge in [-0.15, -0.1) is 0 Å². The Bertz CT molecular complexity index is 588. The van der Waals surface area contributed by atoms with Crippen molar-refractivity contribution >= 4 is 23.8 Å². The van der Waals surface area contributed by atoms with Gasteiger partial charge in [0.05, 0.1) is 6.54 Å². The summed E-state index contributed by atoms with van der Waals surface area (Å²) in [6.45, 7) is 4.27. The molecule has 1 heterocycles. The summed E-state index contributed by atoms with van der Waals surface area (Å²) in [5.41, 5.74) is 8.53. The molecule has 0 aromatic rings. The second-order valence-corrected chi connectivity index (χ2v) is 5.44. The predicted molar refractivity (Wildman–Crippen MR) is 83.2 cm³/mol. The molecule has 1 fully saturated rings. The largest absolute Gasteiger partial charge is 0.456 e. The van der Waals surface area contributed by atoms with Crippen molar-refractivity contribution in [2.45, 2.75) is 58.3 Å². The molecule has 0 aromatic heterocycles. The number of nitrogens with zero attached hydrogens (tertiary/aromatic N) is 3. The van der Waals surface area contributed by atoms with Crippen molar-refractivity contribution in [1.29, 1.82) is 0 Å². The molecule has 5 atom stereocenters. The molecule has 26 heavy (non-hydrogen) atoms. The molecule has 1 amide bonds. The van der Waals surface area contributed by atoms with Crippen molar-refractivity contribution < 1.29 is 38.1 Å². The fourth-order valence-electron chi connectivity index (χ4n) is 2.49. The number of carbonyl (C=O) groups excluding carboxylic acids is 4. The molecule has 0 unspecified atom stereocenters. The van der Waals surface area contributed by atoms with Crippen molar-refractivity contribution in [3.8, 4) is 0 Å². The number of esters is 3. The highest BCUT2D eigenvalue weighted by atomic mass is 16.7. The second kappa shape index (κ2) is 9.59. The molecule has 0 saturated carbocycles. The maximum Gasteiger partial charge on any atom is 0.305 e. The number of carbonyl (C=O) groups is 4. The van der Waals surface area contributed by atoms with E-state index in [4.69, 9.17) is 24.5 Å². The van der Waals surface area contributed by atoms with Crippen LogP contribution in [0.2, 0.25) is 0 Å². The van der Waals surface area contributed by atoms with Gasteiger partial charge in [0.25, 0.3) is 0 Å². The van der Waals surface area contributed by atoms with Crippen LogP contribution in [-0.4, -0.2) is 61.0 Å². The fraction of sp³-hybridized carbons (Fsp3) is 0.714. The van der Waals surface area contributed by atoms with Crippen LogP contribution >= 0.6 is 0 Å². The lowest BCUT2D eigenvalue weighted by Gasteiger charge is -2.44. The highest BCUT2D eigenvalue weighted by molar-refractivity contribution is 5.74. The smallest absolute Gasteiger partial charge is 0.305 e. The predicted octanol–water partition coefficient (Wildman–Crippen LogP) is -0.0472. The summed E-state index contributed by atoms with van der Waals surface area (Å²) >= 11 is 0. The van der Waals surface area contributed by atoms with Gasteiger partial charge in [-0.3, -0.25) is 19.2 Å². The molecule has 0 radical (unpaired) electrons. The Morgan fingerprint density at radius 1 is 1.00 bits per heavy atom. The lowest BCUT2D eigenvalue weighted by molar-refractivity contribution is -0.262. The number of amides is 1. The Balaban J connectivity index is 3.32. The van der Waals surface area contributed by atoms with Gasteiger partial charge in [0, 0.05) is 32.6 Å². The van der Waals surface area contributed by atoms with Crippen LogP contribution in [0.25, 0.3) is 10.4 Å². The van der Waals surface area contributed by atoms with E-state index in [1.165, 1.54) is 6.92 Å². The lowest BCUT2D eigenvalue weighted by atomic mass is 9.95. The normalized spacial score (nSPS) is 27.5. The van der Waals surface area contributed by atoms with Gasteiger partial charge in [-0.25, -0.2) is 0 Å². The molecule has 0 aromatic carbocycles. The molecule has 0 bridgehead atoms. The Hall–Kier alpha value is -2.85. The van der Waals surface area contributed by atoms with Gasteiger partial charge < -0.3 is 24.3 Å². The van der Waals surface area contributed by atoms with Crippen molar-refractivity contribution in [3.63, 3.8) is 0 Å². The van der Waals surface area contributed by atoms with Gasteiger partial charge >= 0.3 is 17.9 Å². The van der Waals surface area contributed by atoms with Crippen LogP contribution in [0.3, 0.4) is 0 Å². The molecule has 1 saturated heterocycles. The van der Waals surface area contributed by atoms with E-state index < -0.39 is 54.5 Å². The summed E-state index contributed by atoms with van der Waals surface area (Å²) < 4.78 is 21.0. The summed E-state index contributed by atoms with van der Waals surface area (Å²) in [5.74, 6) is -2.69. The summed E-state index contributed by atoms with van der Waals surface area (Å²) in [6.07, 6.45) is -4.87. The fourth-order valence-corrected chi connectivity index (χ4v) is 2.49. The first-order chi connectivity index (χ1) is 12.1. The number of hydrogen-bond acceptors (Lipinski definition) is 9. The average Bonchev–Trinajstić information content (AvgIpc) is 2.49. The first-order valence-corrected chi connectivity index (χ1v) is 7.60. The maximum atomic E-state index is 11.5. The van der Waals surface area contributed by atoms with Crippen molar-refractivity contribution in [2.24, 2.45) is 5.11 Å². The van der Waals surface area contributed by atoms with Crippen LogP contribution in [0, 0.1) is 0 Å². The maximum absolute atomic E-state index is 11.5. The molecule has 1 rings (SSSR count). The zero-order valence-corrected chi connectivity index (χ0v) is 14.7. The van der Waals surface area contributed by atoms with E-state index in [9.17, 15) is 19.2 Å². The van der Waals surface area contributed by atoms with Gasteiger partial charge in [-0.2, -0.15) is 0 Å². The first kappa shape index (κ1) is 21.2. The van der Waals surface area contributed by atoms with E-state index in [0.29, 0.717) is 0 Å². The quantitative estimate of drug-likeness (QED) is 0.223. The highest BCUT2D eigenvalue weighted by Gasteiger charge is 2.51. The van der Waals surface area contributed by atoms with Crippen molar-refractivity contribution in [2.75, 3.05) is 6.54 Å². The molecule has 0 spiro atoms. The van der Waals surface area contributed by atoms with E-state index in [-0.39, 0.29) is 6.54 Å². The zero-order valence-electron chi connectivity index (χ0n) is 14.7. The summed E-state index contributed by atoms with van der Waals surface area (Å²) in [7, 11) is 0. The average molecular weight is 372 g/mol. The Kier molecular flexibility index (Phi) is 7.81. The molecule has 12 nitrogen and oxygen atoms in total. The van der Waals surface area contributed by atoms with E-state index >= 15 is 0 Å². The Morgan fingerprint density at radius 3 is 2.00 bits per heavy atom. The van der Waals surface area contributed by atoms with Crippen LogP contribution in [0.4, 0.5) is 0 Å². The zero-order chi connectivity index (χ0) is 19.9. The molecular weight excluding hydrogens is 352 g/mol. The van der Waals surface area contributed by atoms with Gasteiger partial charge in [-0.05, 0) is 5.53 Å². The lowest BCUT2D eigenvalue weighted by Crippen LogP contribution is -2.66. The third-order valence-electron chi connectivity index (χ3n) is 3.23. The standard InChI is InChI=1S/C14H20N4O8/c1-6(19)17-11-13(24-8(3)21)12(23-7(2)20)10(5-16-18-15)26-14(11)25-9(4)22/h10-14H,5H2,1-4H3,(H,17,19)/t10-,11-,12-,13-,14-/m1/s1. The van der Waals surface area contributed by atoms with Crippen LogP contribution in [0.15, 0.2) is 5.11 Å². The number of ether oxygens (including phenoxy) is 4. The summed E-state index contributed by atoms with van der Waals surface area (Å²) in [6, 6.07) is -1.15. The third kappa shape index (κ3) is 6.22. The minimum atomic E-state index is -1.36. The molecule has 144 valence electrons. The molecule has 1 N–H and O–H groups in total. The highest BCUT2D eigenvalue weighted by Crippen LogP contribution is 2.28. The topological polar surface area (TPSA) is 166 Å². The summed E-state index contributed by atoms with van der Waals surface area (Å²) in [4.78, 5) is 48.5. The van der Waals surface area contributed by atoms with Gasteiger partial charge in [0.15, 0.2) is 12.2 Å².